The highest BCUT2D eigenvalue weighted by Crippen LogP contribution is 2.25. The van der Waals surface area contributed by atoms with Crippen molar-refractivity contribution in [3.8, 4) is 5.75 Å². The highest BCUT2D eigenvalue weighted by atomic mass is 16.4. The van der Waals surface area contributed by atoms with Gasteiger partial charge in [0.15, 0.2) is 0 Å². The van der Waals surface area contributed by atoms with E-state index in [0.717, 1.165) is 0 Å². The van der Waals surface area contributed by atoms with Gasteiger partial charge < -0.3 is 15.5 Å². The molecule has 21 heavy (non-hydrogen) atoms. The lowest BCUT2D eigenvalue weighted by molar-refractivity contribution is 0.0696. The largest absolute Gasteiger partial charge is 0.506 e. The molecule has 0 saturated heterocycles. The minimum absolute atomic E-state index is 0.0220. The Balaban J connectivity index is 2.33. The number of hydrogen-bond acceptors (Lipinski definition) is 5. The summed E-state index contributed by atoms with van der Waals surface area (Å²) >= 11 is 0. The quantitative estimate of drug-likeness (QED) is 0.741. The molecule has 0 atom stereocenters. The van der Waals surface area contributed by atoms with Crippen molar-refractivity contribution in [3.05, 3.63) is 46.8 Å². The monoisotopic (exact) mass is 287 g/mol. The molecule has 0 bridgehead atoms. The van der Waals surface area contributed by atoms with E-state index in [0.29, 0.717) is 17.0 Å². The fraction of sp³-hybridized carbons (Fsp3) is 0.143. The molecule has 1 aromatic heterocycles. The summed E-state index contributed by atoms with van der Waals surface area (Å²) in [6.45, 7) is 3.33. The van der Waals surface area contributed by atoms with Gasteiger partial charge in [-0.2, -0.15) is 10.2 Å². The molecule has 2 rings (SSSR count). The predicted octanol–water partition coefficient (Wildman–Crippen LogP) is 1.75. The molecule has 0 saturated carbocycles. The minimum atomic E-state index is -1.15. The first-order valence-electron chi connectivity index (χ1n) is 6.07. The standard InChI is InChI=1S/C14H13N3O4/c1-7-5-10(8(2)17-16-7)13(19)15-11-6-9(14(20)21)3-4-12(11)18/h3-6,18H,1-2H3,(H,15,19)(H,20,21). The number of phenols is 1. The van der Waals surface area contributed by atoms with Crippen LogP contribution < -0.4 is 5.32 Å². The normalized spacial score (nSPS) is 10.2. The van der Waals surface area contributed by atoms with Crippen molar-refractivity contribution in [2.75, 3.05) is 5.32 Å². The second-order valence-corrected chi connectivity index (χ2v) is 4.48. The van der Waals surface area contributed by atoms with Crippen LogP contribution in [0, 0.1) is 13.8 Å². The van der Waals surface area contributed by atoms with Gasteiger partial charge in [0.2, 0.25) is 0 Å². The number of benzene rings is 1. The number of carbonyl (C=O) groups is 2. The van der Waals surface area contributed by atoms with Crippen LogP contribution in [0.1, 0.15) is 32.1 Å². The van der Waals surface area contributed by atoms with E-state index >= 15 is 0 Å². The third-order valence-electron chi connectivity index (χ3n) is 2.84. The van der Waals surface area contributed by atoms with Crippen molar-refractivity contribution in [2.45, 2.75) is 13.8 Å². The Hall–Kier alpha value is -2.96. The van der Waals surface area contributed by atoms with E-state index in [1.54, 1.807) is 19.9 Å². The lowest BCUT2D eigenvalue weighted by Gasteiger charge is -2.09. The van der Waals surface area contributed by atoms with Crippen LogP contribution in [0.15, 0.2) is 24.3 Å². The zero-order valence-electron chi connectivity index (χ0n) is 11.4. The molecule has 108 valence electrons. The lowest BCUT2D eigenvalue weighted by atomic mass is 10.1. The summed E-state index contributed by atoms with van der Waals surface area (Å²) < 4.78 is 0. The lowest BCUT2D eigenvalue weighted by Crippen LogP contribution is -2.15. The first-order valence-corrected chi connectivity index (χ1v) is 6.07. The summed E-state index contributed by atoms with van der Waals surface area (Å²) in [5.41, 5.74) is 1.31. The number of amides is 1. The molecule has 0 radical (unpaired) electrons. The smallest absolute Gasteiger partial charge is 0.335 e. The average Bonchev–Trinajstić information content (AvgIpc) is 2.43. The topological polar surface area (TPSA) is 112 Å². The molecule has 1 aromatic carbocycles. The van der Waals surface area contributed by atoms with Crippen molar-refractivity contribution >= 4 is 17.6 Å². The highest BCUT2D eigenvalue weighted by Gasteiger charge is 2.14. The molecule has 1 amide bonds. The van der Waals surface area contributed by atoms with Crippen molar-refractivity contribution < 1.29 is 19.8 Å². The summed E-state index contributed by atoms with van der Waals surface area (Å²) in [6, 6.07) is 5.21. The molecule has 0 aliphatic rings. The molecular formula is C14H13N3O4. The molecule has 0 aliphatic heterocycles. The van der Waals surface area contributed by atoms with Gasteiger partial charge in [-0.3, -0.25) is 4.79 Å². The van der Waals surface area contributed by atoms with Gasteiger partial charge in [-0.15, -0.1) is 0 Å². The molecule has 0 unspecified atom stereocenters. The van der Waals surface area contributed by atoms with Crippen molar-refractivity contribution in [1.82, 2.24) is 10.2 Å². The van der Waals surface area contributed by atoms with Crippen LogP contribution in [0.25, 0.3) is 0 Å². The Labute approximate surface area is 120 Å². The maximum atomic E-state index is 12.2. The fourth-order valence-electron chi connectivity index (χ4n) is 1.74. The average molecular weight is 287 g/mol. The second kappa shape index (κ2) is 5.58. The number of hydrogen-bond donors (Lipinski definition) is 3. The van der Waals surface area contributed by atoms with E-state index in [2.05, 4.69) is 15.5 Å². The number of anilines is 1. The minimum Gasteiger partial charge on any atom is -0.506 e. The van der Waals surface area contributed by atoms with Crippen LogP contribution in [0.4, 0.5) is 5.69 Å². The predicted molar refractivity (Wildman–Crippen MR) is 74.5 cm³/mol. The van der Waals surface area contributed by atoms with Crippen LogP contribution >= 0.6 is 0 Å². The summed E-state index contributed by atoms with van der Waals surface area (Å²) in [7, 11) is 0. The Morgan fingerprint density at radius 2 is 1.86 bits per heavy atom. The number of carboxylic acid groups (broad SMARTS) is 1. The van der Waals surface area contributed by atoms with Gasteiger partial charge in [-0.05, 0) is 38.1 Å². The third kappa shape index (κ3) is 3.14. The van der Waals surface area contributed by atoms with Gasteiger partial charge >= 0.3 is 5.97 Å². The zero-order valence-corrected chi connectivity index (χ0v) is 11.4. The van der Waals surface area contributed by atoms with Gasteiger partial charge in [-0.25, -0.2) is 4.79 Å². The van der Waals surface area contributed by atoms with Crippen molar-refractivity contribution in [1.29, 1.82) is 0 Å². The number of nitrogens with zero attached hydrogens (tertiary/aromatic N) is 2. The van der Waals surface area contributed by atoms with E-state index in [4.69, 9.17) is 5.11 Å². The first-order chi connectivity index (χ1) is 9.88. The van der Waals surface area contributed by atoms with Gasteiger partial charge in [-0.1, -0.05) is 0 Å². The Morgan fingerprint density at radius 3 is 2.52 bits per heavy atom. The van der Waals surface area contributed by atoms with Crippen molar-refractivity contribution in [2.24, 2.45) is 0 Å². The number of rotatable bonds is 3. The van der Waals surface area contributed by atoms with Crippen LogP contribution in [0.3, 0.4) is 0 Å². The van der Waals surface area contributed by atoms with E-state index in [1.807, 2.05) is 0 Å². The summed E-state index contributed by atoms with van der Waals surface area (Å²) in [4.78, 5) is 23.1. The van der Waals surface area contributed by atoms with E-state index in [9.17, 15) is 14.7 Å². The molecular weight excluding hydrogens is 274 g/mol. The summed E-state index contributed by atoms with van der Waals surface area (Å²) in [5.74, 6) is -1.86. The van der Waals surface area contributed by atoms with Gasteiger partial charge in [0.05, 0.1) is 28.2 Å². The number of aryl methyl sites for hydroxylation is 2. The van der Waals surface area contributed by atoms with Crippen LogP contribution in [-0.2, 0) is 0 Å². The Kier molecular flexibility index (Phi) is 3.84. The summed E-state index contributed by atoms with van der Waals surface area (Å²) in [5, 5.41) is 28.8. The molecule has 3 N–H and O–H groups in total. The van der Waals surface area contributed by atoms with Crippen LogP contribution in [0.2, 0.25) is 0 Å². The molecule has 0 aliphatic carbocycles. The van der Waals surface area contributed by atoms with Crippen molar-refractivity contribution in [3.63, 3.8) is 0 Å². The van der Waals surface area contributed by atoms with Crippen LogP contribution in [-0.4, -0.2) is 32.3 Å². The van der Waals surface area contributed by atoms with E-state index in [1.165, 1.54) is 18.2 Å². The number of phenolic OH excluding ortho intramolecular Hbond substituents is 1. The Morgan fingerprint density at radius 1 is 1.14 bits per heavy atom. The summed E-state index contributed by atoms with van der Waals surface area (Å²) in [6.07, 6.45) is 0. The fourth-order valence-corrected chi connectivity index (χ4v) is 1.74. The Bertz CT molecular complexity index is 728. The molecule has 1 heterocycles. The highest BCUT2D eigenvalue weighted by molar-refractivity contribution is 6.06. The zero-order chi connectivity index (χ0) is 15.6. The molecule has 0 spiro atoms. The SMILES string of the molecule is Cc1cc(C(=O)Nc2cc(C(=O)O)ccc2O)c(C)nn1. The maximum absolute atomic E-state index is 12.2. The number of carbonyl (C=O) groups excluding carboxylic acids is 1. The maximum Gasteiger partial charge on any atom is 0.335 e. The third-order valence-corrected chi connectivity index (χ3v) is 2.84. The number of aromatic hydroxyl groups is 1. The van der Waals surface area contributed by atoms with Gasteiger partial charge in [0.25, 0.3) is 5.91 Å². The number of nitrogens with one attached hydrogen (secondary N) is 1. The number of carboxylic acids is 1. The molecule has 2 aromatic rings. The molecule has 0 fully saturated rings. The van der Waals surface area contributed by atoms with E-state index in [-0.39, 0.29) is 17.0 Å². The molecule has 7 nitrogen and oxygen atoms in total. The van der Waals surface area contributed by atoms with Gasteiger partial charge in [0, 0.05) is 0 Å². The number of aromatic carboxylic acids is 1. The van der Waals surface area contributed by atoms with Gasteiger partial charge in [0.1, 0.15) is 5.75 Å². The molecule has 7 heteroatoms. The van der Waals surface area contributed by atoms with Crippen LogP contribution in [0.5, 0.6) is 5.75 Å². The first kappa shape index (κ1) is 14.4. The number of aromatic nitrogens is 2. The van der Waals surface area contributed by atoms with E-state index < -0.39 is 11.9 Å². The second-order valence-electron chi connectivity index (χ2n) is 4.48.